The highest BCUT2D eigenvalue weighted by Gasteiger charge is 2.34. The molecule has 0 saturated heterocycles. The fraction of sp³-hybridized carbons (Fsp3) is 0.276. The van der Waals surface area contributed by atoms with Crippen LogP contribution in [-0.4, -0.2) is 43.0 Å². The maximum atomic E-state index is 14.2. The molecule has 1 saturated carbocycles. The van der Waals surface area contributed by atoms with Gasteiger partial charge in [-0.25, -0.2) is 13.2 Å². The van der Waals surface area contributed by atoms with Gasteiger partial charge >= 0.3 is 0 Å². The molecule has 2 amide bonds. The molecule has 1 aromatic heterocycles. The predicted molar refractivity (Wildman–Crippen MR) is 140 cm³/mol. The number of carbonyl (C=O) groups is 2. The van der Waals surface area contributed by atoms with Gasteiger partial charge in [-0.1, -0.05) is 49.2 Å². The lowest BCUT2D eigenvalue weighted by molar-refractivity contribution is -0.142. The standard InChI is InChI=1S/C29H27F3N6O2/c30-21-13-9-19(10-14-21)17-37(26(39)18-38-35-28(34-36-38)24-7-3-4-8-25(24)32)27(20-11-15-22(31)16-12-20)29(40)33-23-5-1-2-6-23/h3-4,7-16,23,27H,1-2,5-6,17-18H2,(H,33,40). The summed E-state index contributed by atoms with van der Waals surface area (Å²) in [7, 11) is 0. The molecule has 8 nitrogen and oxygen atoms in total. The van der Waals surface area contributed by atoms with E-state index in [-0.39, 0.29) is 24.0 Å². The first-order chi connectivity index (χ1) is 19.4. The Morgan fingerprint density at radius 3 is 2.25 bits per heavy atom. The molecule has 1 fully saturated rings. The van der Waals surface area contributed by atoms with E-state index in [1.165, 1.54) is 71.6 Å². The monoisotopic (exact) mass is 548 g/mol. The third kappa shape index (κ3) is 6.36. The number of halogens is 3. The zero-order chi connectivity index (χ0) is 28.1. The molecule has 0 spiro atoms. The predicted octanol–water partition coefficient (Wildman–Crippen LogP) is 4.59. The second-order valence-corrected chi connectivity index (χ2v) is 9.72. The molecule has 4 aromatic rings. The molecule has 1 aliphatic carbocycles. The van der Waals surface area contributed by atoms with Crippen LogP contribution in [0.2, 0.25) is 0 Å². The Balaban J connectivity index is 1.48. The number of nitrogens with zero attached hydrogens (tertiary/aromatic N) is 5. The molecule has 1 heterocycles. The molecular weight excluding hydrogens is 521 g/mol. The van der Waals surface area contributed by atoms with E-state index >= 15 is 0 Å². The highest BCUT2D eigenvalue weighted by Crippen LogP contribution is 2.27. The first-order valence-corrected chi connectivity index (χ1v) is 13.0. The molecule has 0 bridgehead atoms. The minimum absolute atomic E-state index is 0.00467. The Kier molecular flexibility index (Phi) is 8.18. The highest BCUT2D eigenvalue weighted by molar-refractivity contribution is 5.89. The van der Waals surface area contributed by atoms with E-state index < -0.39 is 41.9 Å². The molecule has 1 aliphatic rings. The summed E-state index contributed by atoms with van der Waals surface area (Å²) in [5.41, 5.74) is 1.12. The molecular formula is C29H27F3N6O2. The number of aromatic nitrogens is 4. The summed E-state index contributed by atoms with van der Waals surface area (Å²) in [6.07, 6.45) is 3.64. The number of hydrogen-bond donors (Lipinski definition) is 1. The smallest absolute Gasteiger partial charge is 0.247 e. The maximum Gasteiger partial charge on any atom is 0.247 e. The first-order valence-electron chi connectivity index (χ1n) is 13.0. The minimum atomic E-state index is -1.12. The molecule has 1 N–H and O–H groups in total. The second-order valence-electron chi connectivity index (χ2n) is 9.72. The van der Waals surface area contributed by atoms with Crippen LogP contribution in [0, 0.1) is 17.5 Å². The van der Waals surface area contributed by atoms with Gasteiger partial charge in [-0.15, -0.1) is 10.2 Å². The fourth-order valence-electron chi connectivity index (χ4n) is 4.85. The summed E-state index contributed by atoms with van der Waals surface area (Å²) in [4.78, 5) is 29.9. The van der Waals surface area contributed by atoms with Crippen molar-refractivity contribution in [3.8, 4) is 11.4 Å². The first kappa shape index (κ1) is 27.0. The Hall–Kier alpha value is -4.54. The van der Waals surface area contributed by atoms with Crippen LogP contribution in [0.1, 0.15) is 42.9 Å². The molecule has 0 radical (unpaired) electrons. The number of amides is 2. The van der Waals surface area contributed by atoms with Gasteiger partial charge < -0.3 is 10.2 Å². The number of hydrogen-bond acceptors (Lipinski definition) is 5. The van der Waals surface area contributed by atoms with E-state index in [9.17, 15) is 22.8 Å². The van der Waals surface area contributed by atoms with Crippen LogP contribution < -0.4 is 5.32 Å². The summed E-state index contributed by atoms with van der Waals surface area (Å²) in [5, 5.41) is 15.0. The van der Waals surface area contributed by atoms with Crippen LogP contribution in [0.15, 0.2) is 72.8 Å². The number of nitrogens with one attached hydrogen (secondary N) is 1. The molecule has 5 rings (SSSR count). The topological polar surface area (TPSA) is 93.0 Å². The van der Waals surface area contributed by atoms with Crippen LogP contribution in [0.5, 0.6) is 0 Å². The SMILES string of the molecule is O=C(NC1CCCC1)C(c1ccc(F)cc1)N(Cc1ccc(F)cc1)C(=O)Cn1nnc(-c2ccccc2F)n1. The molecule has 40 heavy (non-hydrogen) atoms. The quantitative estimate of drug-likeness (QED) is 0.331. The van der Waals surface area contributed by atoms with E-state index in [1.54, 1.807) is 6.07 Å². The summed E-state index contributed by atoms with van der Waals surface area (Å²) in [5.74, 6) is -2.41. The molecule has 1 unspecified atom stereocenters. The van der Waals surface area contributed by atoms with Crippen molar-refractivity contribution in [2.75, 3.05) is 0 Å². The average molecular weight is 549 g/mol. The van der Waals surface area contributed by atoms with E-state index in [2.05, 4.69) is 20.7 Å². The molecule has 0 aliphatic heterocycles. The summed E-state index contributed by atoms with van der Waals surface area (Å²) in [6, 6.07) is 15.7. The van der Waals surface area contributed by atoms with Crippen LogP contribution in [-0.2, 0) is 22.7 Å². The van der Waals surface area contributed by atoms with E-state index in [0.29, 0.717) is 11.1 Å². The Labute approximate surface area is 228 Å². The van der Waals surface area contributed by atoms with Gasteiger partial charge in [0.05, 0.1) is 5.56 Å². The second kappa shape index (κ2) is 12.1. The lowest BCUT2D eigenvalue weighted by Gasteiger charge is -2.32. The number of carbonyl (C=O) groups excluding carboxylic acids is 2. The van der Waals surface area contributed by atoms with Gasteiger partial charge in [-0.2, -0.15) is 4.80 Å². The van der Waals surface area contributed by atoms with E-state index in [4.69, 9.17) is 0 Å². The molecule has 1 atom stereocenters. The van der Waals surface area contributed by atoms with Crippen molar-refractivity contribution in [1.29, 1.82) is 0 Å². The summed E-state index contributed by atoms with van der Waals surface area (Å²) >= 11 is 0. The fourth-order valence-corrected chi connectivity index (χ4v) is 4.85. The van der Waals surface area contributed by atoms with E-state index in [1.807, 2.05) is 0 Å². The van der Waals surface area contributed by atoms with Crippen molar-refractivity contribution in [3.63, 3.8) is 0 Å². The minimum Gasteiger partial charge on any atom is -0.351 e. The molecule has 11 heteroatoms. The van der Waals surface area contributed by atoms with Gasteiger partial charge in [0.1, 0.15) is 30.0 Å². The Morgan fingerprint density at radius 1 is 0.925 bits per heavy atom. The molecule has 3 aromatic carbocycles. The summed E-state index contributed by atoms with van der Waals surface area (Å²) in [6.45, 7) is -0.453. The van der Waals surface area contributed by atoms with Gasteiger partial charge in [0, 0.05) is 12.6 Å². The van der Waals surface area contributed by atoms with Gasteiger partial charge in [0.25, 0.3) is 0 Å². The van der Waals surface area contributed by atoms with Gasteiger partial charge in [0.2, 0.25) is 17.6 Å². The van der Waals surface area contributed by atoms with E-state index in [0.717, 1.165) is 30.5 Å². The maximum absolute atomic E-state index is 14.2. The van der Waals surface area contributed by atoms with Crippen molar-refractivity contribution in [3.05, 3.63) is 101 Å². The lowest BCUT2D eigenvalue weighted by atomic mass is 10.0. The third-order valence-electron chi connectivity index (χ3n) is 6.88. The Bertz CT molecular complexity index is 1470. The van der Waals surface area contributed by atoms with Crippen LogP contribution in [0.4, 0.5) is 13.2 Å². The number of benzene rings is 3. The lowest BCUT2D eigenvalue weighted by Crippen LogP contribution is -2.46. The van der Waals surface area contributed by atoms with Gasteiger partial charge in [-0.05, 0) is 65.6 Å². The normalized spacial score (nSPS) is 14.2. The van der Waals surface area contributed by atoms with Gasteiger partial charge in [-0.3, -0.25) is 9.59 Å². The zero-order valence-electron chi connectivity index (χ0n) is 21.5. The largest absolute Gasteiger partial charge is 0.351 e. The van der Waals surface area contributed by atoms with Crippen molar-refractivity contribution in [2.45, 2.75) is 50.9 Å². The van der Waals surface area contributed by atoms with Crippen molar-refractivity contribution in [2.24, 2.45) is 0 Å². The van der Waals surface area contributed by atoms with Crippen molar-refractivity contribution >= 4 is 11.8 Å². The summed E-state index contributed by atoms with van der Waals surface area (Å²) < 4.78 is 41.7. The van der Waals surface area contributed by atoms with Crippen molar-refractivity contribution in [1.82, 2.24) is 30.4 Å². The zero-order valence-corrected chi connectivity index (χ0v) is 21.5. The van der Waals surface area contributed by atoms with Crippen LogP contribution in [0.25, 0.3) is 11.4 Å². The third-order valence-corrected chi connectivity index (χ3v) is 6.88. The molecule has 206 valence electrons. The number of tetrazole rings is 1. The van der Waals surface area contributed by atoms with Gasteiger partial charge in [0.15, 0.2) is 0 Å². The van der Waals surface area contributed by atoms with Crippen molar-refractivity contribution < 1.29 is 22.8 Å². The average Bonchev–Trinajstić information content (AvgIpc) is 3.63. The highest BCUT2D eigenvalue weighted by atomic mass is 19.1. The van der Waals surface area contributed by atoms with Crippen LogP contribution in [0.3, 0.4) is 0 Å². The number of rotatable bonds is 9. The van der Waals surface area contributed by atoms with Crippen LogP contribution >= 0.6 is 0 Å². The Morgan fingerprint density at radius 2 is 1.57 bits per heavy atom.